The molecule has 0 aliphatic rings. The van der Waals surface area contributed by atoms with Gasteiger partial charge in [0, 0.05) is 12.4 Å². The molecular weight excluding hydrogens is 228 g/mol. The van der Waals surface area contributed by atoms with E-state index >= 15 is 0 Å². The highest BCUT2D eigenvalue weighted by Gasteiger charge is 2.03. The van der Waals surface area contributed by atoms with Crippen molar-refractivity contribution in [3.8, 4) is 11.8 Å². The fourth-order valence-corrected chi connectivity index (χ4v) is 1.24. The third-order valence-electron chi connectivity index (χ3n) is 1.82. The van der Waals surface area contributed by atoms with Gasteiger partial charge in [-0.25, -0.2) is 9.97 Å². The molecule has 0 aliphatic heterocycles. The molecule has 1 heterocycles. The maximum Gasteiger partial charge on any atom is 0.321 e. The van der Waals surface area contributed by atoms with Gasteiger partial charge in [0.2, 0.25) is 0 Å². The van der Waals surface area contributed by atoms with Gasteiger partial charge in [0.05, 0.1) is 10.6 Å². The molecule has 0 unspecified atom stereocenters. The molecule has 0 saturated heterocycles. The number of ether oxygens (including phenoxy) is 1. The number of hydrogen-bond acceptors (Lipinski definition) is 4. The molecule has 0 spiro atoms. The van der Waals surface area contributed by atoms with Gasteiger partial charge in [0.1, 0.15) is 5.75 Å². The minimum absolute atomic E-state index is 0.152. The number of rotatable bonds is 3. The molecule has 1 aromatic carbocycles. The average molecular weight is 235 g/mol. The largest absolute Gasteiger partial charge is 0.423 e. The number of para-hydroxylation sites is 1. The van der Waals surface area contributed by atoms with Crippen molar-refractivity contribution in [3.63, 3.8) is 0 Å². The average Bonchev–Trinajstić information content (AvgIpc) is 2.33. The lowest BCUT2D eigenvalue weighted by Gasteiger charge is -2.04. The molecule has 80 valence electrons. The standard InChI is InChI=1S/C11H7ClN2O2/c12-9-3-1-2-4-10(9)16-11-13-5-8(7-15)6-14-11/h1-7H. The molecule has 5 heteroatoms. The molecule has 0 N–H and O–H groups in total. The zero-order chi connectivity index (χ0) is 11.4. The van der Waals surface area contributed by atoms with Gasteiger partial charge >= 0.3 is 6.01 Å². The van der Waals surface area contributed by atoms with Gasteiger partial charge in [-0.1, -0.05) is 23.7 Å². The third kappa shape index (κ3) is 2.35. The number of aromatic nitrogens is 2. The van der Waals surface area contributed by atoms with Crippen LogP contribution in [0.5, 0.6) is 11.8 Å². The Labute approximate surface area is 96.9 Å². The van der Waals surface area contributed by atoms with E-state index in [0.29, 0.717) is 22.6 Å². The molecule has 0 bridgehead atoms. The maximum absolute atomic E-state index is 10.4. The molecule has 0 atom stereocenters. The van der Waals surface area contributed by atoms with Crippen molar-refractivity contribution in [2.75, 3.05) is 0 Å². The number of carbonyl (C=O) groups excluding carboxylic acids is 1. The Morgan fingerprint density at radius 1 is 1.19 bits per heavy atom. The Bertz CT molecular complexity index is 500. The van der Waals surface area contributed by atoms with Crippen LogP contribution in [0.15, 0.2) is 36.7 Å². The predicted molar refractivity (Wildman–Crippen MR) is 58.9 cm³/mol. The summed E-state index contributed by atoms with van der Waals surface area (Å²) in [5.41, 5.74) is 0.395. The Hall–Kier alpha value is -1.94. The number of aldehydes is 1. The van der Waals surface area contributed by atoms with Crippen LogP contribution in [0.25, 0.3) is 0 Å². The second kappa shape index (κ2) is 4.72. The minimum Gasteiger partial charge on any atom is -0.423 e. The Balaban J connectivity index is 2.21. The highest BCUT2D eigenvalue weighted by Crippen LogP contribution is 2.26. The van der Waals surface area contributed by atoms with E-state index in [4.69, 9.17) is 16.3 Å². The molecule has 0 radical (unpaired) electrons. The smallest absolute Gasteiger partial charge is 0.321 e. The molecular formula is C11H7ClN2O2. The number of hydrogen-bond donors (Lipinski definition) is 0. The van der Waals surface area contributed by atoms with Crippen molar-refractivity contribution >= 4 is 17.9 Å². The normalized spacial score (nSPS) is 9.81. The summed E-state index contributed by atoms with van der Waals surface area (Å²) >= 11 is 5.90. The summed E-state index contributed by atoms with van der Waals surface area (Å²) in [7, 11) is 0. The Kier molecular flexibility index (Phi) is 3.12. The molecule has 0 aliphatic carbocycles. The molecule has 4 nitrogen and oxygen atoms in total. The van der Waals surface area contributed by atoms with Crippen LogP contribution in [0.2, 0.25) is 5.02 Å². The van der Waals surface area contributed by atoms with Crippen LogP contribution in [0.1, 0.15) is 10.4 Å². The fourth-order valence-electron chi connectivity index (χ4n) is 1.07. The quantitative estimate of drug-likeness (QED) is 0.767. The van der Waals surface area contributed by atoms with Crippen LogP contribution in [0, 0.1) is 0 Å². The van der Waals surface area contributed by atoms with E-state index in [1.807, 2.05) is 0 Å². The Morgan fingerprint density at radius 2 is 1.88 bits per heavy atom. The van der Waals surface area contributed by atoms with Gasteiger partial charge in [-0.3, -0.25) is 4.79 Å². The first-order valence-corrected chi connectivity index (χ1v) is 4.87. The molecule has 0 fully saturated rings. The topological polar surface area (TPSA) is 52.1 Å². The van der Waals surface area contributed by atoms with Crippen molar-refractivity contribution in [1.82, 2.24) is 9.97 Å². The van der Waals surface area contributed by atoms with E-state index in [1.165, 1.54) is 12.4 Å². The molecule has 2 aromatic rings. The summed E-state index contributed by atoms with van der Waals surface area (Å²) < 4.78 is 5.34. The van der Waals surface area contributed by atoms with Crippen LogP contribution in [-0.2, 0) is 0 Å². The lowest BCUT2D eigenvalue weighted by atomic mass is 10.3. The molecule has 1 aromatic heterocycles. The number of carbonyl (C=O) groups is 1. The summed E-state index contributed by atoms with van der Waals surface area (Å²) in [5.74, 6) is 0.475. The fraction of sp³-hybridized carbons (Fsp3) is 0. The van der Waals surface area contributed by atoms with E-state index in [-0.39, 0.29) is 6.01 Å². The van der Waals surface area contributed by atoms with Crippen LogP contribution in [-0.4, -0.2) is 16.3 Å². The van der Waals surface area contributed by atoms with Crippen molar-refractivity contribution < 1.29 is 9.53 Å². The first-order chi connectivity index (χ1) is 7.79. The molecule has 0 amide bonds. The number of benzene rings is 1. The van der Waals surface area contributed by atoms with Crippen molar-refractivity contribution in [2.45, 2.75) is 0 Å². The number of nitrogens with zero attached hydrogens (tertiary/aromatic N) is 2. The van der Waals surface area contributed by atoms with Gasteiger partial charge in [-0.05, 0) is 12.1 Å². The monoisotopic (exact) mass is 234 g/mol. The second-order valence-electron chi connectivity index (χ2n) is 2.95. The molecule has 0 saturated carbocycles. The first-order valence-electron chi connectivity index (χ1n) is 4.49. The highest BCUT2D eigenvalue weighted by molar-refractivity contribution is 6.32. The van der Waals surface area contributed by atoms with E-state index in [1.54, 1.807) is 24.3 Å². The maximum atomic E-state index is 10.4. The summed E-state index contributed by atoms with van der Waals surface area (Å²) in [6.45, 7) is 0. The van der Waals surface area contributed by atoms with Gasteiger partial charge in [-0.2, -0.15) is 0 Å². The predicted octanol–water partition coefficient (Wildman–Crippen LogP) is 2.73. The zero-order valence-corrected chi connectivity index (χ0v) is 8.89. The lowest BCUT2D eigenvalue weighted by Crippen LogP contribution is -1.93. The van der Waals surface area contributed by atoms with E-state index in [2.05, 4.69) is 9.97 Å². The van der Waals surface area contributed by atoms with Gasteiger partial charge in [0.15, 0.2) is 6.29 Å². The van der Waals surface area contributed by atoms with Crippen LogP contribution in [0.3, 0.4) is 0 Å². The SMILES string of the molecule is O=Cc1cnc(Oc2ccccc2Cl)nc1. The van der Waals surface area contributed by atoms with Crippen LogP contribution >= 0.6 is 11.6 Å². The van der Waals surface area contributed by atoms with Crippen molar-refractivity contribution in [2.24, 2.45) is 0 Å². The summed E-state index contributed by atoms with van der Waals surface area (Å²) in [4.78, 5) is 18.1. The van der Waals surface area contributed by atoms with Gasteiger partial charge < -0.3 is 4.74 Å². The summed E-state index contributed by atoms with van der Waals surface area (Å²) in [6, 6.07) is 7.15. The van der Waals surface area contributed by atoms with E-state index < -0.39 is 0 Å². The van der Waals surface area contributed by atoms with Crippen LogP contribution < -0.4 is 4.74 Å². The molecule has 16 heavy (non-hydrogen) atoms. The van der Waals surface area contributed by atoms with Gasteiger partial charge in [-0.15, -0.1) is 0 Å². The van der Waals surface area contributed by atoms with Crippen LogP contribution in [0.4, 0.5) is 0 Å². The lowest BCUT2D eigenvalue weighted by molar-refractivity contribution is 0.112. The van der Waals surface area contributed by atoms with Gasteiger partial charge in [0.25, 0.3) is 0 Å². The Morgan fingerprint density at radius 3 is 2.50 bits per heavy atom. The van der Waals surface area contributed by atoms with Crippen molar-refractivity contribution in [1.29, 1.82) is 0 Å². The zero-order valence-electron chi connectivity index (χ0n) is 8.13. The third-order valence-corrected chi connectivity index (χ3v) is 2.13. The first kappa shape index (κ1) is 10.6. The summed E-state index contributed by atoms with van der Waals surface area (Å²) in [6.07, 6.45) is 3.43. The van der Waals surface area contributed by atoms with Crippen molar-refractivity contribution in [3.05, 3.63) is 47.2 Å². The summed E-state index contributed by atoms with van der Waals surface area (Å²) in [5, 5.41) is 0.477. The molecule has 2 rings (SSSR count). The van der Waals surface area contributed by atoms with E-state index in [9.17, 15) is 4.79 Å². The number of halogens is 1. The minimum atomic E-state index is 0.152. The second-order valence-corrected chi connectivity index (χ2v) is 3.36. The highest BCUT2D eigenvalue weighted by atomic mass is 35.5. The van der Waals surface area contributed by atoms with E-state index in [0.717, 1.165) is 0 Å².